The molecule has 0 bridgehead atoms. The third kappa shape index (κ3) is 31.0. The van der Waals surface area contributed by atoms with Crippen LogP contribution in [0.4, 0.5) is 0 Å². The molecule has 0 aliphatic rings. The largest absolute Gasteiger partial charge is 0.339 e. The topological polar surface area (TPSA) is 34.1 Å². The van der Waals surface area contributed by atoms with Crippen LogP contribution in [0.3, 0.4) is 0 Å². The minimum absolute atomic E-state index is 0. The van der Waals surface area contributed by atoms with Crippen LogP contribution in [0.2, 0.25) is 0 Å². The molecule has 0 amide bonds. The Morgan fingerprint density at radius 3 is 1.40 bits per heavy atom. The molecule has 0 N–H and O–H groups in total. The number of rotatable bonds is 5. The smallest absolute Gasteiger partial charge is 0.135 e. The second-order valence-electron chi connectivity index (χ2n) is 5.75. The van der Waals surface area contributed by atoms with E-state index in [1.807, 2.05) is 48.0 Å². The maximum atomic E-state index is 11.0. The first-order valence-electron chi connectivity index (χ1n) is 7.22. The fraction of sp³-hybridized carbons (Fsp3) is 0.765. The first-order valence-corrected chi connectivity index (χ1v) is 7.22. The Morgan fingerprint density at radius 2 is 1.25 bits per heavy atom. The molecule has 0 spiro atoms. The van der Waals surface area contributed by atoms with E-state index in [0.717, 1.165) is 12.8 Å². The van der Waals surface area contributed by atoms with Gasteiger partial charge in [-0.05, 0) is 24.0 Å². The van der Waals surface area contributed by atoms with E-state index in [2.05, 4.69) is 20.8 Å². The van der Waals surface area contributed by atoms with Gasteiger partial charge in [0.1, 0.15) is 5.78 Å². The molecule has 20 heavy (non-hydrogen) atoms. The summed E-state index contributed by atoms with van der Waals surface area (Å²) < 4.78 is 0. The third-order valence-electron chi connectivity index (χ3n) is 2.26. The minimum Gasteiger partial charge on any atom is -0.339 e. The summed E-state index contributed by atoms with van der Waals surface area (Å²) in [5.74, 6) is 1.38. The van der Waals surface area contributed by atoms with Gasteiger partial charge >= 0.3 is 0 Å². The molecule has 3 heteroatoms. The molecule has 2 nitrogen and oxygen atoms in total. The summed E-state index contributed by atoms with van der Waals surface area (Å²) in [5, 5.41) is 0. The Hall–Kier alpha value is 0.314. The molecule has 0 saturated heterocycles. The van der Waals surface area contributed by atoms with Gasteiger partial charge in [-0.2, -0.15) is 13.8 Å². The van der Waals surface area contributed by atoms with Crippen molar-refractivity contribution < 1.29 is 42.3 Å². The van der Waals surface area contributed by atoms with Crippen molar-refractivity contribution in [1.29, 1.82) is 0 Å². The van der Waals surface area contributed by atoms with Crippen molar-refractivity contribution in [1.82, 2.24) is 0 Å². The zero-order valence-electron chi connectivity index (χ0n) is 14.8. The first-order chi connectivity index (χ1) is 8.59. The van der Waals surface area contributed by atoms with Gasteiger partial charge in [0.15, 0.2) is 0 Å². The fourth-order valence-electron chi connectivity index (χ4n) is 0.720. The fourth-order valence-corrected chi connectivity index (χ4v) is 0.720. The molecule has 0 aromatic carbocycles. The second-order valence-corrected chi connectivity index (χ2v) is 5.75. The van der Waals surface area contributed by atoms with Crippen molar-refractivity contribution in [3.05, 3.63) is 13.3 Å². The molecule has 119 valence electrons. The van der Waals surface area contributed by atoms with Crippen LogP contribution in [0.15, 0.2) is 0 Å². The van der Waals surface area contributed by atoms with Crippen molar-refractivity contribution in [3.8, 4) is 0 Å². The van der Waals surface area contributed by atoms with Gasteiger partial charge < -0.3 is 18.1 Å². The summed E-state index contributed by atoms with van der Waals surface area (Å²) in [7, 11) is 0. The molecule has 1 radical (unpaired) electrons. The van der Waals surface area contributed by atoms with E-state index in [9.17, 15) is 9.59 Å². The van der Waals surface area contributed by atoms with Crippen molar-refractivity contribution >= 4 is 11.6 Å². The van der Waals surface area contributed by atoms with Gasteiger partial charge in [0.25, 0.3) is 0 Å². The summed E-state index contributed by atoms with van der Waals surface area (Å²) in [6.07, 6.45) is 3.80. The molecule has 0 aromatic heterocycles. The Balaban J connectivity index is -0.000000110. The van der Waals surface area contributed by atoms with E-state index in [1.165, 1.54) is 0 Å². The van der Waals surface area contributed by atoms with Gasteiger partial charge in [0, 0.05) is 45.0 Å². The number of hydrogen-bond donors (Lipinski definition) is 0. The van der Waals surface area contributed by atoms with Crippen LogP contribution in [0.25, 0.3) is 0 Å². The Bertz CT molecular complexity index is 221. The van der Waals surface area contributed by atoms with Crippen LogP contribution in [0.1, 0.15) is 68.2 Å². The van der Waals surface area contributed by atoms with Crippen molar-refractivity contribution in [2.24, 2.45) is 17.8 Å². The van der Waals surface area contributed by atoms with E-state index < -0.39 is 0 Å². The van der Waals surface area contributed by atoms with Gasteiger partial charge in [-0.1, -0.05) is 41.5 Å². The van der Waals surface area contributed by atoms with Gasteiger partial charge in [0.05, 0.1) is 0 Å². The van der Waals surface area contributed by atoms with Crippen molar-refractivity contribution in [2.45, 2.75) is 68.2 Å². The van der Waals surface area contributed by atoms with E-state index in [4.69, 9.17) is 0 Å². The number of carbonyl (C=O) groups excluding carboxylic acids is 2. The number of Topliss-reactive ketones (excluding diaryl/α,β-unsaturated/α-hetero) is 2. The zero-order valence-corrected chi connectivity index (χ0v) is 17.7. The Morgan fingerprint density at radius 1 is 0.950 bits per heavy atom. The standard InChI is InChI=1S/C9H18O.C5H9O.C3H7.Y/c1-7(2)5-6-9(10)8(3)4;1-4(2)5(3)6;1-3-2;/h7-8H,5-6H2,1-4H3;4H,3H2,1-2H3;3H,1-2H3;/q;2*-1;. The van der Waals surface area contributed by atoms with Crippen LogP contribution < -0.4 is 0 Å². The molecule has 0 aliphatic heterocycles. The summed E-state index contributed by atoms with van der Waals surface area (Å²) in [5.41, 5.74) is 0. The van der Waals surface area contributed by atoms with Crippen LogP contribution in [0.5, 0.6) is 0 Å². The average Bonchev–Trinajstić information content (AvgIpc) is 2.27. The normalized spacial score (nSPS) is 9.15. The number of hydrogen-bond acceptors (Lipinski definition) is 2. The van der Waals surface area contributed by atoms with Gasteiger partial charge in [0.2, 0.25) is 0 Å². The Kier molecular flexibility index (Phi) is 27.5. The molecular formula is C17H34O2Y-2. The molecule has 0 aromatic rings. The summed E-state index contributed by atoms with van der Waals surface area (Å²) in [6, 6.07) is 0. The summed E-state index contributed by atoms with van der Waals surface area (Å²) in [6.45, 7) is 19.1. The van der Waals surface area contributed by atoms with Crippen LogP contribution in [0, 0.1) is 31.1 Å². The average molecular weight is 359 g/mol. The predicted molar refractivity (Wildman–Crippen MR) is 84.8 cm³/mol. The van der Waals surface area contributed by atoms with Crippen molar-refractivity contribution in [2.75, 3.05) is 0 Å². The van der Waals surface area contributed by atoms with Crippen LogP contribution >= 0.6 is 0 Å². The molecule has 0 heterocycles. The van der Waals surface area contributed by atoms with Gasteiger partial charge in [-0.15, -0.1) is 0 Å². The maximum Gasteiger partial charge on any atom is 0.135 e. The second kappa shape index (κ2) is 19.3. The molecule has 0 aliphatic carbocycles. The van der Waals surface area contributed by atoms with Crippen LogP contribution in [-0.2, 0) is 42.3 Å². The third-order valence-corrected chi connectivity index (χ3v) is 2.26. The Labute approximate surface area is 152 Å². The predicted octanol–water partition coefficient (Wildman–Crippen LogP) is 4.92. The maximum absolute atomic E-state index is 11.0. The quantitative estimate of drug-likeness (QED) is 0.653. The van der Waals surface area contributed by atoms with Crippen molar-refractivity contribution in [3.63, 3.8) is 0 Å². The van der Waals surface area contributed by atoms with E-state index in [0.29, 0.717) is 11.7 Å². The summed E-state index contributed by atoms with van der Waals surface area (Å²) >= 11 is 0. The number of ketones is 2. The zero-order chi connectivity index (χ0) is 16.0. The minimum atomic E-state index is 0. The van der Waals surface area contributed by atoms with E-state index in [1.54, 1.807) is 0 Å². The molecule has 0 atom stereocenters. The SMILES string of the molecule is CC(C)CCC(=O)C(C)C.C[CH-]C.[CH2-]C(=O)C(C)C.[Y]. The van der Waals surface area contributed by atoms with E-state index >= 15 is 0 Å². The first kappa shape index (κ1) is 28.5. The molecule has 0 unspecified atom stereocenters. The number of carbonyl (C=O) groups is 2. The molecular weight excluding hydrogens is 325 g/mol. The molecule has 0 rings (SSSR count). The van der Waals surface area contributed by atoms with Gasteiger partial charge in [-0.25, -0.2) is 0 Å². The summed E-state index contributed by atoms with van der Waals surface area (Å²) in [4.78, 5) is 21.1. The molecule has 0 saturated carbocycles. The van der Waals surface area contributed by atoms with Crippen LogP contribution in [-0.4, -0.2) is 11.6 Å². The van der Waals surface area contributed by atoms with E-state index in [-0.39, 0.29) is 50.3 Å². The van der Waals surface area contributed by atoms with Gasteiger partial charge in [-0.3, -0.25) is 4.79 Å². The molecule has 0 fully saturated rings. The monoisotopic (exact) mass is 359 g/mol.